The number of hydrogen-bond acceptors (Lipinski definition) is 4. The molecule has 1 heterocycles. The summed E-state index contributed by atoms with van der Waals surface area (Å²) >= 11 is 0. The standard InChI is InChI=1S/C20H28FN3O4/c1-13(2)12-16(24-11-7-6-10-18(24)25)20(27)23-22-19(26)14(3)28-17-9-5-4-8-15(17)21/h4-5,8-9,13-14,16H,6-7,10-12H2,1-3H3,(H,22,26)(H,23,27)/t14-,16-/m1/s1. The number of carbonyl (C=O) groups is 3. The first-order valence-corrected chi connectivity index (χ1v) is 9.60. The molecule has 1 aliphatic heterocycles. The molecule has 1 fully saturated rings. The van der Waals surface area contributed by atoms with Gasteiger partial charge in [-0.15, -0.1) is 0 Å². The van der Waals surface area contributed by atoms with Crippen molar-refractivity contribution in [1.29, 1.82) is 0 Å². The van der Waals surface area contributed by atoms with Crippen LogP contribution in [0, 0.1) is 11.7 Å². The lowest BCUT2D eigenvalue weighted by Gasteiger charge is -2.34. The van der Waals surface area contributed by atoms with E-state index in [-0.39, 0.29) is 17.6 Å². The predicted octanol–water partition coefficient (Wildman–Crippen LogP) is 2.17. The summed E-state index contributed by atoms with van der Waals surface area (Å²) in [6, 6.07) is 5.11. The molecule has 1 saturated heterocycles. The van der Waals surface area contributed by atoms with E-state index in [0.717, 1.165) is 12.8 Å². The number of carbonyl (C=O) groups excluding carboxylic acids is 3. The summed E-state index contributed by atoms with van der Waals surface area (Å²) in [6.07, 6.45) is 1.59. The number of piperidine rings is 1. The zero-order valence-corrected chi connectivity index (χ0v) is 16.5. The Bertz CT molecular complexity index is 710. The van der Waals surface area contributed by atoms with Gasteiger partial charge < -0.3 is 9.64 Å². The number of benzene rings is 1. The fourth-order valence-corrected chi connectivity index (χ4v) is 3.07. The molecule has 0 saturated carbocycles. The van der Waals surface area contributed by atoms with Crippen LogP contribution in [0.1, 0.15) is 46.5 Å². The van der Waals surface area contributed by atoms with Crippen molar-refractivity contribution in [2.45, 2.75) is 58.6 Å². The van der Waals surface area contributed by atoms with Crippen LogP contribution in [-0.4, -0.2) is 41.3 Å². The zero-order valence-electron chi connectivity index (χ0n) is 16.5. The Morgan fingerprint density at radius 3 is 2.46 bits per heavy atom. The van der Waals surface area contributed by atoms with E-state index in [1.54, 1.807) is 11.0 Å². The van der Waals surface area contributed by atoms with Crippen LogP contribution in [0.25, 0.3) is 0 Å². The predicted molar refractivity (Wildman–Crippen MR) is 102 cm³/mol. The maximum atomic E-state index is 13.6. The average molecular weight is 393 g/mol. The van der Waals surface area contributed by atoms with E-state index >= 15 is 0 Å². The molecule has 3 amide bonds. The van der Waals surface area contributed by atoms with Crippen LogP contribution in [0.5, 0.6) is 5.75 Å². The summed E-state index contributed by atoms with van der Waals surface area (Å²) < 4.78 is 18.9. The molecule has 2 rings (SSSR count). The summed E-state index contributed by atoms with van der Waals surface area (Å²) in [7, 11) is 0. The summed E-state index contributed by atoms with van der Waals surface area (Å²) in [6.45, 7) is 5.92. The molecule has 0 aromatic heterocycles. The van der Waals surface area contributed by atoms with Gasteiger partial charge in [-0.05, 0) is 44.2 Å². The summed E-state index contributed by atoms with van der Waals surface area (Å²) in [5, 5.41) is 0. The van der Waals surface area contributed by atoms with E-state index in [9.17, 15) is 18.8 Å². The highest BCUT2D eigenvalue weighted by Gasteiger charge is 2.32. The fraction of sp³-hybridized carbons (Fsp3) is 0.550. The third kappa shape index (κ3) is 5.94. The lowest BCUT2D eigenvalue weighted by atomic mass is 9.99. The van der Waals surface area contributed by atoms with Crippen LogP contribution in [0.2, 0.25) is 0 Å². The number of hydrogen-bond donors (Lipinski definition) is 2. The van der Waals surface area contributed by atoms with Crippen molar-refractivity contribution in [1.82, 2.24) is 15.8 Å². The van der Waals surface area contributed by atoms with Crippen molar-refractivity contribution in [3.05, 3.63) is 30.1 Å². The molecule has 8 heteroatoms. The van der Waals surface area contributed by atoms with Gasteiger partial charge in [0.05, 0.1) is 0 Å². The minimum Gasteiger partial charge on any atom is -0.478 e. The maximum absolute atomic E-state index is 13.6. The molecule has 28 heavy (non-hydrogen) atoms. The molecule has 0 spiro atoms. The molecule has 1 aromatic carbocycles. The van der Waals surface area contributed by atoms with E-state index in [2.05, 4.69) is 10.9 Å². The zero-order chi connectivity index (χ0) is 20.7. The largest absolute Gasteiger partial charge is 0.478 e. The number of para-hydroxylation sites is 1. The third-order valence-corrected chi connectivity index (χ3v) is 4.55. The van der Waals surface area contributed by atoms with E-state index in [1.165, 1.54) is 25.1 Å². The molecule has 1 aliphatic rings. The van der Waals surface area contributed by atoms with Gasteiger partial charge in [-0.3, -0.25) is 25.2 Å². The van der Waals surface area contributed by atoms with E-state index in [4.69, 9.17) is 4.74 Å². The average Bonchev–Trinajstić information content (AvgIpc) is 2.66. The highest BCUT2D eigenvalue weighted by Crippen LogP contribution is 2.19. The number of hydrazine groups is 1. The molecule has 1 aromatic rings. The number of nitrogens with zero attached hydrogens (tertiary/aromatic N) is 1. The Labute approximate surface area is 164 Å². The quantitative estimate of drug-likeness (QED) is 0.695. The summed E-state index contributed by atoms with van der Waals surface area (Å²) in [4.78, 5) is 38.6. The highest BCUT2D eigenvalue weighted by atomic mass is 19.1. The van der Waals surface area contributed by atoms with Crippen LogP contribution >= 0.6 is 0 Å². The minimum absolute atomic E-state index is 0.0466. The molecule has 7 nitrogen and oxygen atoms in total. The van der Waals surface area contributed by atoms with Crippen molar-refractivity contribution in [3.8, 4) is 5.75 Å². The van der Waals surface area contributed by atoms with E-state index in [0.29, 0.717) is 19.4 Å². The van der Waals surface area contributed by atoms with Gasteiger partial charge in [-0.1, -0.05) is 26.0 Å². The first-order chi connectivity index (χ1) is 13.3. The van der Waals surface area contributed by atoms with Crippen molar-refractivity contribution in [3.63, 3.8) is 0 Å². The first kappa shape index (κ1) is 21.7. The van der Waals surface area contributed by atoms with Crippen LogP contribution in [0.4, 0.5) is 4.39 Å². The SMILES string of the molecule is CC(C)C[C@H](C(=O)NNC(=O)[C@@H](C)Oc1ccccc1F)N1CCCCC1=O. The number of ether oxygens (including phenoxy) is 1. The minimum atomic E-state index is -1.02. The van der Waals surface area contributed by atoms with Gasteiger partial charge in [0.15, 0.2) is 17.7 Å². The summed E-state index contributed by atoms with van der Waals surface area (Å²) in [5.41, 5.74) is 4.69. The summed E-state index contributed by atoms with van der Waals surface area (Å²) in [5.74, 6) is -1.54. The van der Waals surface area contributed by atoms with Gasteiger partial charge in [0.1, 0.15) is 6.04 Å². The van der Waals surface area contributed by atoms with Crippen LogP contribution < -0.4 is 15.6 Å². The highest BCUT2D eigenvalue weighted by molar-refractivity contribution is 5.90. The lowest BCUT2D eigenvalue weighted by molar-refractivity contribution is -0.144. The van der Waals surface area contributed by atoms with E-state index in [1.807, 2.05) is 13.8 Å². The van der Waals surface area contributed by atoms with Crippen LogP contribution in [-0.2, 0) is 14.4 Å². The molecule has 154 valence electrons. The Kier molecular flexibility index (Phi) is 7.78. The van der Waals surface area contributed by atoms with Gasteiger partial charge in [-0.2, -0.15) is 0 Å². The smallest absolute Gasteiger partial charge is 0.279 e. The number of amides is 3. The van der Waals surface area contributed by atoms with E-state index < -0.39 is 29.8 Å². The second-order valence-electron chi connectivity index (χ2n) is 7.36. The Morgan fingerprint density at radius 1 is 1.14 bits per heavy atom. The number of nitrogens with one attached hydrogen (secondary N) is 2. The van der Waals surface area contributed by atoms with Gasteiger partial charge in [0, 0.05) is 13.0 Å². The lowest BCUT2D eigenvalue weighted by Crippen LogP contribution is -2.56. The van der Waals surface area contributed by atoms with Crippen LogP contribution in [0.3, 0.4) is 0 Å². The number of rotatable bonds is 7. The van der Waals surface area contributed by atoms with Crippen molar-refractivity contribution in [2.24, 2.45) is 5.92 Å². The second kappa shape index (κ2) is 10.1. The van der Waals surface area contributed by atoms with Gasteiger partial charge in [0.2, 0.25) is 5.91 Å². The molecule has 0 radical (unpaired) electrons. The molecular formula is C20H28FN3O4. The Hall–Kier alpha value is -2.64. The first-order valence-electron chi connectivity index (χ1n) is 9.60. The van der Waals surface area contributed by atoms with Crippen molar-refractivity contribution in [2.75, 3.05) is 6.54 Å². The molecule has 2 atom stereocenters. The molecule has 0 aliphatic carbocycles. The Morgan fingerprint density at radius 2 is 1.82 bits per heavy atom. The topological polar surface area (TPSA) is 87.7 Å². The molecule has 2 N–H and O–H groups in total. The monoisotopic (exact) mass is 393 g/mol. The van der Waals surface area contributed by atoms with Crippen molar-refractivity contribution < 1.29 is 23.5 Å². The van der Waals surface area contributed by atoms with Gasteiger partial charge in [0.25, 0.3) is 11.8 Å². The van der Waals surface area contributed by atoms with Crippen molar-refractivity contribution >= 4 is 17.7 Å². The van der Waals surface area contributed by atoms with Crippen LogP contribution in [0.15, 0.2) is 24.3 Å². The maximum Gasteiger partial charge on any atom is 0.279 e. The van der Waals surface area contributed by atoms with Gasteiger partial charge >= 0.3 is 0 Å². The third-order valence-electron chi connectivity index (χ3n) is 4.55. The normalized spacial score (nSPS) is 16.5. The van der Waals surface area contributed by atoms with Gasteiger partial charge in [-0.25, -0.2) is 4.39 Å². The number of likely N-dealkylation sites (tertiary alicyclic amines) is 1. The fourth-order valence-electron chi connectivity index (χ4n) is 3.07. The molecule has 0 bridgehead atoms. The number of halogens is 1. The molecular weight excluding hydrogens is 365 g/mol. The Balaban J connectivity index is 1.94. The second-order valence-corrected chi connectivity index (χ2v) is 7.36. The molecule has 0 unspecified atom stereocenters.